The van der Waals surface area contributed by atoms with Crippen molar-refractivity contribution < 1.29 is 23.9 Å². The summed E-state index contributed by atoms with van der Waals surface area (Å²) < 4.78 is 11.4. The van der Waals surface area contributed by atoms with Crippen molar-refractivity contribution in [3.63, 3.8) is 0 Å². The first-order chi connectivity index (χ1) is 13.9. The highest BCUT2D eigenvalue weighted by atomic mass is 16.6. The maximum atomic E-state index is 12.7. The van der Waals surface area contributed by atoms with Gasteiger partial charge in [-0.25, -0.2) is 0 Å². The van der Waals surface area contributed by atoms with Gasteiger partial charge in [-0.05, 0) is 26.0 Å². The minimum atomic E-state index is -0.654. The summed E-state index contributed by atoms with van der Waals surface area (Å²) in [5, 5.41) is 5.34. The van der Waals surface area contributed by atoms with E-state index in [1.54, 1.807) is 11.0 Å². The molecule has 3 amide bonds. The molecule has 0 radical (unpaired) electrons. The average molecular weight is 404 g/mol. The van der Waals surface area contributed by atoms with Gasteiger partial charge in [0.2, 0.25) is 17.9 Å². The molecule has 9 heteroatoms. The molecular formula is C20H28N4O5. The van der Waals surface area contributed by atoms with Crippen LogP contribution in [0.25, 0.3) is 0 Å². The number of piperazine rings is 1. The van der Waals surface area contributed by atoms with Crippen LogP contribution in [0, 0.1) is 0 Å². The second-order valence-corrected chi connectivity index (χ2v) is 7.46. The molecule has 0 saturated carbocycles. The van der Waals surface area contributed by atoms with E-state index < -0.39 is 6.10 Å². The minimum absolute atomic E-state index is 0.0318. The first-order valence-corrected chi connectivity index (χ1v) is 9.88. The van der Waals surface area contributed by atoms with Gasteiger partial charge in [-0.15, -0.1) is 0 Å². The monoisotopic (exact) mass is 404 g/mol. The van der Waals surface area contributed by atoms with Crippen molar-refractivity contribution in [3.8, 4) is 11.5 Å². The molecule has 1 atom stereocenters. The predicted octanol–water partition coefficient (Wildman–Crippen LogP) is -0.389. The molecule has 1 aromatic carbocycles. The summed E-state index contributed by atoms with van der Waals surface area (Å²) in [4.78, 5) is 40.1. The highest BCUT2D eigenvalue weighted by Gasteiger charge is 2.32. The number of amides is 3. The molecular weight excluding hydrogens is 376 g/mol. The van der Waals surface area contributed by atoms with Gasteiger partial charge < -0.3 is 25.0 Å². The summed E-state index contributed by atoms with van der Waals surface area (Å²) in [5.74, 6) is 0.710. The van der Waals surface area contributed by atoms with E-state index in [0.29, 0.717) is 37.7 Å². The molecule has 0 aliphatic carbocycles. The van der Waals surface area contributed by atoms with E-state index in [2.05, 4.69) is 10.6 Å². The number of nitrogens with zero attached hydrogens (tertiary/aromatic N) is 2. The zero-order valence-electron chi connectivity index (χ0n) is 16.8. The molecule has 158 valence electrons. The molecule has 1 fully saturated rings. The van der Waals surface area contributed by atoms with Gasteiger partial charge in [0.15, 0.2) is 11.5 Å². The molecule has 2 aliphatic rings. The van der Waals surface area contributed by atoms with Crippen molar-refractivity contribution in [2.45, 2.75) is 26.0 Å². The summed E-state index contributed by atoms with van der Waals surface area (Å²) in [6, 6.07) is 7.33. The van der Waals surface area contributed by atoms with E-state index in [1.807, 2.05) is 36.9 Å². The van der Waals surface area contributed by atoms with Crippen LogP contribution in [0.4, 0.5) is 0 Å². The van der Waals surface area contributed by atoms with Gasteiger partial charge >= 0.3 is 0 Å². The molecule has 2 N–H and O–H groups in total. The molecule has 29 heavy (non-hydrogen) atoms. The van der Waals surface area contributed by atoms with Crippen molar-refractivity contribution in [3.05, 3.63) is 24.3 Å². The lowest BCUT2D eigenvalue weighted by Gasteiger charge is -2.36. The Kier molecular flexibility index (Phi) is 6.92. The molecule has 1 aromatic rings. The quantitative estimate of drug-likeness (QED) is 0.670. The van der Waals surface area contributed by atoms with E-state index in [0.717, 1.165) is 0 Å². The zero-order chi connectivity index (χ0) is 20.8. The van der Waals surface area contributed by atoms with Gasteiger partial charge in [0.1, 0.15) is 6.61 Å². The first kappa shape index (κ1) is 20.9. The number of benzene rings is 1. The summed E-state index contributed by atoms with van der Waals surface area (Å²) in [6.07, 6.45) is -0.654. The second-order valence-electron chi connectivity index (χ2n) is 7.46. The van der Waals surface area contributed by atoms with Crippen molar-refractivity contribution in [1.29, 1.82) is 0 Å². The third kappa shape index (κ3) is 5.83. The summed E-state index contributed by atoms with van der Waals surface area (Å²) in [7, 11) is 0. The standard InChI is InChI=1S/C20H28N4O5/c1-14(2)22-18(25)11-21-19(26)12-23-7-9-24(10-8-23)20(27)17-13-28-15-5-3-4-6-16(15)29-17/h3-6,14,17H,7-13H2,1-2H3,(H,21,26)(H,22,25)/t17-/m0/s1. The maximum Gasteiger partial charge on any atom is 0.267 e. The smallest absolute Gasteiger partial charge is 0.267 e. The van der Waals surface area contributed by atoms with Crippen LogP contribution >= 0.6 is 0 Å². The van der Waals surface area contributed by atoms with Crippen molar-refractivity contribution in [2.75, 3.05) is 45.9 Å². The lowest BCUT2D eigenvalue weighted by atomic mass is 10.2. The van der Waals surface area contributed by atoms with Crippen molar-refractivity contribution in [1.82, 2.24) is 20.4 Å². The van der Waals surface area contributed by atoms with Crippen LogP contribution in [0.15, 0.2) is 24.3 Å². The van der Waals surface area contributed by atoms with Gasteiger partial charge in [-0.1, -0.05) is 12.1 Å². The normalized spacial score (nSPS) is 19.0. The topological polar surface area (TPSA) is 100 Å². The van der Waals surface area contributed by atoms with Crippen LogP contribution in [0.1, 0.15) is 13.8 Å². The maximum absolute atomic E-state index is 12.7. The molecule has 0 bridgehead atoms. The number of hydrogen-bond donors (Lipinski definition) is 2. The highest BCUT2D eigenvalue weighted by molar-refractivity contribution is 5.85. The Morgan fingerprint density at radius 1 is 1.07 bits per heavy atom. The Morgan fingerprint density at radius 3 is 2.45 bits per heavy atom. The number of carbonyl (C=O) groups excluding carboxylic acids is 3. The zero-order valence-corrected chi connectivity index (χ0v) is 16.8. The summed E-state index contributed by atoms with van der Waals surface area (Å²) >= 11 is 0. The van der Waals surface area contributed by atoms with Gasteiger partial charge in [0.05, 0.1) is 13.1 Å². The Balaban J connectivity index is 1.39. The van der Waals surface area contributed by atoms with Crippen molar-refractivity contribution in [2.24, 2.45) is 0 Å². The Hall–Kier alpha value is -2.81. The Labute approximate surface area is 170 Å². The van der Waals surface area contributed by atoms with Gasteiger partial charge in [-0.3, -0.25) is 19.3 Å². The van der Waals surface area contributed by atoms with Gasteiger partial charge in [-0.2, -0.15) is 0 Å². The second kappa shape index (κ2) is 9.60. The Morgan fingerprint density at radius 2 is 1.76 bits per heavy atom. The summed E-state index contributed by atoms with van der Waals surface area (Å²) in [6.45, 7) is 6.29. The number of para-hydroxylation sites is 2. The fourth-order valence-electron chi connectivity index (χ4n) is 3.28. The number of carbonyl (C=O) groups is 3. The van der Waals surface area contributed by atoms with Crippen LogP contribution in [-0.4, -0.2) is 85.5 Å². The van der Waals surface area contributed by atoms with Gasteiger partial charge in [0.25, 0.3) is 5.91 Å². The number of fused-ring (bicyclic) bond motifs is 1. The molecule has 2 heterocycles. The van der Waals surface area contributed by atoms with E-state index in [-0.39, 0.29) is 43.5 Å². The third-order valence-corrected chi connectivity index (χ3v) is 4.73. The van der Waals surface area contributed by atoms with Crippen LogP contribution in [0.3, 0.4) is 0 Å². The fraction of sp³-hybridized carbons (Fsp3) is 0.550. The van der Waals surface area contributed by atoms with Crippen LogP contribution in [0.5, 0.6) is 11.5 Å². The fourth-order valence-corrected chi connectivity index (χ4v) is 3.28. The molecule has 0 spiro atoms. The van der Waals surface area contributed by atoms with Gasteiger partial charge in [0, 0.05) is 32.2 Å². The summed E-state index contributed by atoms with van der Waals surface area (Å²) in [5.41, 5.74) is 0. The molecule has 2 aliphatic heterocycles. The van der Waals surface area contributed by atoms with Crippen LogP contribution < -0.4 is 20.1 Å². The Bertz CT molecular complexity index is 746. The molecule has 9 nitrogen and oxygen atoms in total. The largest absolute Gasteiger partial charge is 0.485 e. The highest BCUT2D eigenvalue weighted by Crippen LogP contribution is 2.31. The lowest BCUT2D eigenvalue weighted by Crippen LogP contribution is -2.55. The average Bonchev–Trinajstić information content (AvgIpc) is 2.71. The van der Waals surface area contributed by atoms with Crippen LogP contribution in [0.2, 0.25) is 0 Å². The number of hydrogen-bond acceptors (Lipinski definition) is 6. The van der Waals surface area contributed by atoms with E-state index in [1.165, 1.54) is 0 Å². The third-order valence-electron chi connectivity index (χ3n) is 4.73. The minimum Gasteiger partial charge on any atom is -0.485 e. The number of rotatable bonds is 6. The van der Waals surface area contributed by atoms with E-state index in [9.17, 15) is 14.4 Å². The molecule has 0 unspecified atom stereocenters. The number of nitrogens with one attached hydrogen (secondary N) is 2. The predicted molar refractivity (Wildman–Crippen MR) is 106 cm³/mol. The SMILES string of the molecule is CC(C)NC(=O)CNC(=O)CN1CCN(C(=O)[C@@H]2COc3ccccc3O2)CC1. The van der Waals surface area contributed by atoms with E-state index >= 15 is 0 Å². The molecule has 0 aromatic heterocycles. The first-order valence-electron chi connectivity index (χ1n) is 9.88. The van der Waals surface area contributed by atoms with E-state index in [4.69, 9.17) is 9.47 Å². The van der Waals surface area contributed by atoms with Crippen LogP contribution in [-0.2, 0) is 14.4 Å². The molecule has 1 saturated heterocycles. The number of ether oxygens (including phenoxy) is 2. The lowest BCUT2D eigenvalue weighted by molar-refractivity contribution is -0.143. The molecule has 3 rings (SSSR count). The van der Waals surface area contributed by atoms with Crippen molar-refractivity contribution >= 4 is 17.7 Å².